The maximum atomic E-state index is 13.1. The van der Waals surface area contributed by atoms with Gasteiger partial charge in [0.05, 0.1) is 11.3 Å². The zero-order valence-electron chi connectivity index (χ0n) is 7.67. The minimum atomic E-state index is -4.54. The van der Waals surface area contributed by atoms with E-state index in [0.29, 0.717) is 0 Å². The molecule has 0 atom stereocenters. The third kappa shape index (κ3) is 1.66. The molecular formula is C9H9F4N. The van der Waals surface area contributed by atoms with Gasteiger partial charge < -0.3 is 5.73 Å². The van der Waals surface area contributed by atoms with Gasteiger partial charge in [0, 0.05) is 0 Å². The Morgan fingerprint density at radius 2 is 1.71 bits per heavy atom. The van der Waals surface area contributed by atoms with E-state index in [1.54, 1.807) is 0 Å². The number of anilines is 1. The van der Waals surface area contributed by atoms with Crippen LogP contribution < -0.4 is 5.73 Å². The van der Waals surface area contributed by atoms with Gasteiger partial charge in [-0.25, -0.2) is 4.39 Å². The van der Waals surface area contributed by atoms with Crippen LogP contribution in [0.1, 0.15) is 16.7 Å². The number of aryl methyl sites for hydroxylation is 1. The smallest absolute Gasteiger partial charge is 0.396 e. The Morgan fingerprint density at radius 1 is 1.21 bits per heavy atom. The highest BCUT2D eigenvalue weighted by atomic mass is 19.4. The van der Waals surface area contributed by atoms with E-state index in [-0.39, 0.29) is 11.3 Å². The Hall–Kier alpha value is -1.26. The first-order valence-corrected chi connectivity index (χ1v) is 3.87. The molecular weight excluding hydrogens is 198 g/mol. The third-order valence-electron chi connectivity index (χ3n) is 2.01. The minimum Gasteiger partial charge on any atom is -0.396 e. The van der Waals surface area contributed by atoms with E-state index in [0.717, 1.165) is 13.0 Å². The van der Waals surface area contributed by atoms with E-state index in [2.05, 4.69) is 0 Å². The molecule has 0 aliphatic carbocycles. The lowest BCUT2D eigenvalue weighted by atomic mass is 10.0. The van der Waals surface area contributed by atoms with Crippen LogP contribution in [0.25, 0.3) is 0 Å². The summed E-state index contributed by atoms with van der Waals surface area (Å²) in [5.41, 5.74) is 3.48. The van der Waals surface area contributed by atoms with Gasteiger partial charge in [0.1, 0.15) is 5.82 Å². The maximum Gasteiger partial charge on any atom is 0.417 e. The van der Waals surface area contributed by atoms with Gasteiger partial charge in [-0.1, -0.05) is 0 Å². The Morgan fingerprint density at radius 3 is 2.14 bits per heavy atom. The van der Waals surface area contributed by atoms with Crippen LogP contribution in [-0.2, 0) is 6.18 Å². The number of halogens is 4. The fraction of sp³-hybridized carbons (Fsp3) is 0.333. The van der Waals surface area contributed by atoms with Gasteiger partial charge in [-0.2, -0.15) is 13.2 Å². The summed E-state index contributed by atoms with van der Waals surface area (Å²) in [6.45, 7) is 2.33. The Bertz CT molecular complexity index is 368. The first-order valence-electron chi connectivity index (χ1n) is 3.87. The molecule has 0 aromatic heterocycles. The highest BCUT2D eigenvalue weighted by molar-refractivity contribution is 5.51. The molecule has 1 nitrogen and oxygen atoms in total. The van der Waals surface area contributed by atoms with Gasteiger partial charge >= 0.3 is 6.18 Å². The monoisotopic (exact) mass is 207 g/mol. The highest BCUT2D eigenvalue weighted by Crippen LogP contribution is 2.36. The van der Waals surface area contributed by atoms with Crippen molar-refractivity contribution >= 4 is 5.69 Å². The Kier molecular flexibility index (Phi) is 2.43. The second-order valence-corrected chi connectivity index (χ2v) is 3.09. The molecule has 2 N–H and O–H groups in total. The summed E-state index contributed by atoms with van der Waals surface area (Å²) in [4.78, 5) is 0. The van der Waals surface area contributed by atoms with Crippen molar-refractivity contribution in [1.82, 2.24) is 0 Å². The lowest BCUT2D eigenvalue weighted by Crippen LogP contribution is -2.12. The molecule has 1 rings (SSSR count). The van der Waals surface area contributed by atoms with Crippen LogP contribution in [0, 0.1) is 19.7 Å². The lowest BCUT2D eigenvalue weighted by Gasteiger charge is -2.15. The number of alkyl halides is 3. The fourth-order valence-electron chi connectivity index (χ4n) is 1.43. The number of hydrogen-bond acceptors (Lipinski definition) is 1. The van der Waals surface area contributed by atoms with E-state index >= 15 is 0 Å². The van der Waals surface area contributed by atoms with Crippen molar-refractivity contribution in [2.24, 2.45) is 0 Å². The van der Waals surface area contributed by atoms with Gasteiger partial charge in [-0.05, 0) is 31.0 Å². The standard InChI is InChI=1S/C9H9F4N/c1-4-3-6(14)8(10)5(2)7(4)9(11,12)13/h3H,14H2,1-2H3. The zero-order chi connectivity index (χ0) is 11.1. The van der Waals surface area contributed by atoms with E-state index in [1.165, 1.54) is 6.92 Å². The average Bonchev–Trinajstić information content (AvgIpc) is 1.97. The van der Waals surface area contributed by atoms with Crippen molar-refractivity contribution in [2.45, 2.75) is 20.0 Å². The Labute approximate surface area is 78.5 Å². The Balaban J connectivity index is 3.53. The van der Waals surface area contributed by atoms with Crippen LogP contribution in [0.4, 0.5) is 23.2 Å². The van der Waals surface area contributed by atoms with E-state index in [4.69, 9.17) is 5.73 Å². The summed E-state index contributed by atoms with van der Waals surface area (Å²) in [5.74, 6) is -0.997. The second-order valence-electron chi connectivity index (χ2n) is 3.09. The summed E-state index contributed by atoms with van der Waals surface area (Å²) in [6, 6.07) is 0.991. The van der Waals surface area contributed by atoms with Crippen molar-refractivity contribution < 1.29 is 17.6 Å². The molecule has 0 spiro atoms. The summed E-state index contributed by atoms with van der Waals surface area (Å²) < 4.78 is 50.3. The predicted octanol–water partition coefficient (Wildman–Crippen LogP) is 3.04. The van der Waals surface area contributed by atoms with Crippen LogP contribution in [0.5, 0.6) is 0 Å². The van der Waals surface area contributed by atoms with Crippen LogP contribution in [0.3, 0.4) is 0 Å². The number of hydrogen-bond donors (Lipinski definition) is 1. The van der Waals surface area contributed by atoms with Crippen molar-refractivity contribution in [1.29, 1.82) is 0 Å². The molecule has 0 aliphatic heterocycles. The van der Waals surface area contributed by atoms with Gasteiger partial charge in [0.15, 0.2) is 0 Å². The zero-order valence-corrected chi connectivity index (χ0v) is 7.67. The van der Waals surface area contributed by atoms with Crippen LogP contribution in [0.15, 0.2) is 6.07 Å². The molecule has 5 heteroatoms. The number of rotatable bonds is 0. The summed E-state index contributed by atoms with van der Waals surface area (Å²) in [6.07, 6.45) is -4.54. The van der Waals surface area contributed by atoms with Crippen LogP contribution in [0.2, 0.25) is 0 Å². The molecule has 14 heavy (non-hydrogen) atoms. The lowest BCUT2D eigenvalue weighted by molar-refractivity contribution is -0.138. The first kappa shape index (κ1) is 10.8. The van der Waals surface area contributed by atoms with Crippen molar-refractivity contribution in [2.75, 3.05) is 5.73 Å². The quantitative estimate of drug-likeness (QED) is 0.513. The molecule has 78 valence electrons. The molecule has 0 fully saturated rings. The molecule has 0 saturated heterocycles. The molecule has 0 radical (unpaired) electrons. The predicted molar refractivity (Wildman–Crippen MR) is 45.3 cm³/mol. The van der Waals surface area contributed by atoms with Crippen molar-refractivity contribution in [3.63, 3.8) is 0 Å². The molecule has 1 aromatic carbocycles. The molecule has 0 aliphatic rings. The van der Waals surface area contributed by atoms with Gasteiger partial charge in [-0.3, -0.25) is 0 Å². The van der Waals surface area contributed by atoms with Gasteiger partial charge in [0.2, 0.25) is 0 Å². The maximum absolute atomic E-state index is 13.1. The van der Waals surface area contributed by atoms with Crippen molar-refractivity contribution in [3.05, 3.63) is 28.6 Å². The third-order valence-corrected chi connectivity index (χ3v) is 2.01. The SMILES string of the molecule is Cc1cc(N)c(F)c(C)c1C(F)(F)F. The first-order chi connectivity index (χ1) is 6.25. The van der Waals surface area contributed by atoms with Crippen LogP contribution >= 0.6 is 0 Å². The normalized spacial score (nSPS) is 11.9. The van der Waals surface area contributed by atoms with Crippen LogP contribution in [-0.4, -0.2) is 0 Å². The number of benzene rings is 1. The largest absolute Gasteiger partial charge is 0.417 e. The summed E-state index contributed by atoms with van der Waals surface area (Å²) in [5, 5.41) is 0. The average molecular weight is 207 g/mol. The molecule has 0 amide bonds. The van der Waals surface area contributed by atoms with Gasteiger partial charge in [-0.15, -0.1) is 0 Å². The second kappa shape index (κ2) is 3.15. The highest BCUT2D eigenvalue weighted by Gasteiger charge is 2.35. The number of nitrogen functional groups attached to an aromatic ring is 1. The van der Waals surface area contributed by atoms with E-state index < -0.39 is 23.1 Å². The summed E-state index contributed by atoms with van der Waals surface area (Å²) >= 11 is 0. The molecule has 0 heterocycles. The minimum absolute atomic E-state index is 0.0612. The summed E-state index contributed by atoms with van der Waals surface area (Å²) in [7, 11) is 0. The topological polar surface area (TPSA) is 26.0 Å². The molecule has 0 unspecified atom stereocenters. The number of nitrogens with two attached hydrogens (primary N) is 1. The molecule has 1 aromatic rings. The fourth-order valence-corrected chi connectivity index (χ4v) is 1.43. The van der Waals surface area contributed by atoms with E-state index in [9.17, 15) is 17.6 Å². The van der Waals surface area contributed by atoms with Crippen molar-refractivity contribution in [3.8, 4) is 0 Å². The van der Waals surface area contributed by atoms with E-state index in [1.807, 2.05) is 0 Å². The molecule has 0 bridgehead atoms. The molecule has 0 saturated carbocycles. The van der Waals surface area contributed by atoms with Gasteiger partial charge in [0.25, 0.3) is 0 Å².